The van der Waals surface area contributed by atoms with Crippen molar-refractivity contribution in [3.63, 3.8) is 0 Å². The maximum Gasteiger partial charge on any atom is 0.329 e. The van der Waals surface area contributed by atoms with Crippen molar-refractivity contribution in [2.75, 3.05) is 5.32 Å². The van der Waals surface area contributed by atoms with Crippen LogP contribution in [0.25, 0.3) is 17.0 Å². The van der Waals surface area contributed by atoms with E-state index in [1.807, 2.05) is 24.3 Å². The fourth-order valence-corrected chi connectivity index (χ4v) is 2.26. The second-order valence-corrected chi connectivity index (χ2v) is 5.18. The zero-order valence-electron chi connectivity index (χ0n) is 11.5. The van der Waals surface area contributed by atoms with Crippen molar-refractivity contribution < 1.29 is 4.92 Å². The van der Waals surface area contributed by atoms with Gasteiger partial charge in [-0.25, -0.2) is 9.97 Å². The lowest BCUT2D eigenvalue weighted by atomic mass is 10.3. The number of hydrogen-bond donors (Lipinski definition) is 1. The van der Waals surface area contributed by atoms with Crippen molar-refractivity contribution in [2.45, 2.75) is 18.9 Å². The van der Waals surface area contributed by atoms with E-state index >= 15 is 0 Å². The van der Waals surface area contributed by atoms with Gasteiger partial charge in [0.2, 0.25) is 11.8 Å². The first-order valence-corrected chi connectivity index (χ1v) is 6.93. The summed E-state index contributed by atoms with van der Waals surface area (Å²) in [6.45, 7) is 0. The van der Waals surface area contributed by atoms with E-state index in [1.165, 1.54) is 6.20 Å². The van der Waals surface area contributed by atoms with Crippen LogP contribution in [0.2, 0.25) is 0 Å². The van der Waals surface area contributed by atoms with Crippen LogP contribution in [0.1, 0.15) is 12.8 Å². The molecule has 0 amide bonds. The van der Waals surface area contributed by atoms with Gasteiger partial charge in [-0.15, -0.1) is 0 Å². The lowest BCUT2D eigenvalue weighted by molar-refractivity contribution is -0.384. The van der Waals surface area contributed by atoms with Crippen molar-refractivity contribution in [3.8, 4) is 5.95 Å². The van der Waals surface area contributed by atoms with Crippen LogP contribution in [-0.4, -0.2) is 30.5 Å². The maximum atomic E-state index is 11.1. The van der Waals surface area contributed by atoms with Gasteiger partial charge in [0, 0.05) is 6.04 Å². The van der Waals surface area contributed by atoms with E-state index in [4.69, 9.17) is 0 Å². The Hall–Kier alpha value is -3.03. The normalized spacial score (nSPS) is 14.2. The van der Waals surface area contributed by atoms with Gasteiger partial charge in [0.1, 0.15) is 12.5 Å². The minimum Gasteiger partial charge on any atom is -0.361 e. The largest absolute Gasteiger partial charge is 0.361 e. The highest BCUT2D eigenvalue weighted by Crippen LogP contribution is 2.29. The maximum absolute atomic E-state index is 11.1. The van der Waals surface area contributed by atoms with E-state index in [2.05, 4.69) is 20.3 Å². The monoisotopic (exact) mass is 296 g/mol. The van der Waals surface area contributed by atoms with Crippen molar-refractivity contribution in [3.05, 3.63) is 46.9 Å². The average molecular weight is 296 g/mol. The molecule has 0 aliphatic heterocycles. The molecule has 4 rings (SSSR count). The second-order valence-electron chi connectivity index (χ2n) is 5.18. The summed E-state index contributed by atoms with van der Waals surface area (Å²) in [6.07, 6.45) is 4.86. The van der Waals surface area contributed by atoms with Gasteiger partial charge in [0.05, 0.1) is 16.0 Å². The molecule has 1 fully saturated rings. The summed E-state index contributed by atoms with van der Waals surface area (Å²) in [5, 5.41) is 14.2. The zero-order valence-corrected chi connectivity index (χ0v) is 11.5. The number of benzene rings is 1. The fraction of sp³-hybridized carbons (Fsp3) is 0.214. The molecule has 8 nitrogen and oxygen atoms in total. The van der Waals surface area contributed by atoms with Gasteiger partial charge in [0.15, 0.2) is 0 Å². The summed E-state index contributed by atoms with van der Waals surface area (Å²) < 4.78 is 1.72. The van der Waals surface area contributed by atoms with Gasteiger partial charge in [-0.1, -0.05) is 12.1 Å². The summed E-state index contributed by atoms with van der Waals surface area (Å²) in [5.41, 5.74) is 1.56. The van der Waals surface area contributed by atoms with Crippen LogP contribution in [0.15, 0.2) is 36.8 Å². The summed E-state index contributed by atoms with van der Waals surface area (Å²) in [5.74, 6) is 0.623. The Balaban J connectivity index is 1.83. The van der Waals surface area contributed by atoms with Gasteiger partial charge >= 0.3 is 5.69 Å². The number of nitrogens with one attached hydrogen (secondary N) is 1. The van der Waals surface area contributed by atoms with E-state index in [9.17, 15) is 10.1 Å². The first-order valence-electron chi connectivity index (χ1n) is 6.93. The van der Waals surface area contributed by atoms with Gasteiger partial charge in [-0.05, 0) is 25.0 Å². The molecule has 1 aliphatic rings. The Labute approximate surface area is 125 Å². The van der Waals surface area contributed by atoms with Crippen molar-refractivity contribution in [1.29, 1.82) is 0 Å². The standard InChI is InChI=1S/C14H12N6O2/c21-20(22)12-7-15-14(18-13(12)17-9-5-6-9)19-8-16-10-3-1-2-4-11(10)19/h1-4,7-9H,5-6H2,(H,15,17,18). The number of hydrogen-bond acceptors (Lipinski definition) is 6. The summed E-state index contributed by atoms with van der Waals surface area (Å²) in [6, 6.07) is 7.86. The van der Waals surface area contributed by atoms with Crippen LogP contribution in [0.5, 0.6) is 0 Å². The minimum absolute atomic E-state index is 0.111. The van der Waals surface area contributed by atoms with E-state index in [1.54, 1.807) is 10.9 Å². The lowest BCUT2D eigenvalue weighted by Crippen LogP contribution is -2.10. The predicted molar refractivity (Wildman–Crippen MR) is 80.0 cm³/mol. The number of fused-ring (bicyclic) bond motifs is 1. The molecular weight excluding hydrogens is 284 g/mol. The molecule has 1 aromatic carbocycles. The van der Waals surface area contributed by atoms with E-state index < -0.39 is 4.92 Å². The number of nitrogens with zero attached hydrogens (tertiary/aromatic N) is 5. The minimum atomic E-state index is -0.472. The molecule has 3 aromatic rings. The highest BCUT2D eigenvalue weighted by Gasteiger charge is 2.26. The zero-order chi connectivity index (χ0) is 15.1. The highest BCUT2D eigenvalue weighted by molar-refractivity contribution is 5.76. The predicted octanol–water partition coefficient (Wildman–Crippen LogP) is 2.30. The summed E-state index contributed by atoms with van der Waals surface area (Å²) in [4.78, 5) is 23.3. The molecule has 0 unspecified atom stereocenters. The Kier molecular flexibility index (Phi) is 2.75. The Morgan fingerprint density at radius 2 is 2.09 bits per heavy atom. The van der Waals surface area contributed by atoms with Crippen molar-refractivity contribution >= 4 is 22.5 Å². The number of aromatic nitrogens is 4. The smallest absolute Gasteiger partial charge is 0.329 e. The third-order valence-corrected chi connectivity index (χ3v) is 3.54. The molecule has 1 N–H and O–H groups in total. The molecule has 2 heterocycles. The van der Waals surface area contributed by atoms with Gasteiger partial charge < -0.3 is 5.32 Å². The van der Waals surface area contributed by atoms with Gasteiger partial charge in [-0.3, -0.25) is 14.7 Å². The molecule has 1 aliphatic carbocycles. The fourth-order valence-electron chi connectivity index (χ4n) is 2.26. The SMILES string of the molecule is O=[N+]([O-])c1cnc(-n2cnc3ccccc32)nc1NC1CC1. The molecular formula is C14H12N6O2. The molecule has 1 saturated carbocycles. The van der Waals surface area contributed by atoms with E-state index in [0.29, 0.717) is 5.95 Å². The molecule has 0 radical (unpaired) electrons. The Morgan fingerprint density at radius 1 is 1.27 bits per heavy atom. The second kappa shape index (κ2) is 4.76. The lowest BCUT2D eigenvalue weighted by Gasteiger charge is -2.07. The Morgan fingerprint density at radius 3 is 2.86 bits per heavy atom. The number of anilines is 1. The molecule has 8 heteroatoms. The quantitative estimate of drug-likeness (QED) is 0.586. The summed E-state index contributed by atoms with van der Waals surface area (Å²) in [7, 11) is 0. The number of para-hydroxylation sites is 2. The molecule has 0 atom stereocenters. The van der Waals surface area contributed by atoms with E-state index in [0.717, 1.165) is 23.9 Å². The summed E-state index contributed by atoms with van der Waals surface area (Å²) >= 11 is 0. The molecule has 0 bridgehead atoms. The van der Waals surface area contributed by atoms with Crippen LogP contribution >= 0.6 is 0 Å². The average Bonchev–Trinajstić information content (AvgIpc) is 3.23. The van der Waals surface area contributed by atoms with Gasteiger partial charge in [-0.2, -0.15) is 4.98 Å². The van der Waals surface area contributed by atoms with Crippen LogP contribution < -0.4 is 5.32 Å². The third kappa shape index (κ3) is 2.14. The van der Waals surface area contributed by atoms with Crippen molar-refractivity contribution in [1.82, 2.24) is 19.5 Å². The number of imidazole rings is 1. The van der Waals surface area contributed by atoms with Crippen LogP contribution in [0, 0.1) is 10.1 Å². The molecule has 22 heavy (non-hydrogen) atoms. The number of rotatable bonds is 4. The number of nitro groups is 1. The van der Waals surface area contributed by atoms with Crippen LogP contribution in [-0.2, 0) is 0 Å². The first kappa shape index (κ1) is 12.7. The first-order chi connectivity index (χ1) is 10.7. The topological polar surface area (TPSA) is 98.8 Å². The van der Waals surface area contributed by atoms with Crippen molar-refractivity contribution in [2.24, 2.45) is 0 Å². The van der Waals surface area contributed by atoms with Gasteiger partial charge in [0.25, 0.3) is 0 Å². The van der Waals surface area contributed by atoms with E-state index in [-0.39, 0.29) is 17.5 Å². The molecule has 0 spiro atoms. The highest BCUT2D eigenvalue weighted by atomic mass is 16.6. The van der Waals surface area contributed by atoms with Crippen LogP contribution in [0.4, 0.5) is 11.5 Å². The Bertz CT molecular complexity index is 871. The van der Waals surface area contributed by atoms with Crippen LogP contribution in [0.3, 0.4) is 0 Å². The molecule has 2 aromatic heterocycles. The molecule has 110 valence electrons. The molecule has 0 saturated heterocycles. The third-order valence-electron chi connectivity index (χ3n) is 3.54.